The fraction of sp³-hybridized carbons (Fsp3) is 0.133. The lowest BCUT2D eigenvalue weighted by molar-refractivity contribution is 0.0470. The molecule has 1 aromatic carbocycles. The van der Waals surface area contributed by atoms with Gasteiger partial charge in [0.1, 0.15) is 0 Å². The van der Waals surface area contributed by atoms with Crippen LogP contribution >= 0.6 is 27.3 Å². The van der Waals surface area contributed by atoms with Crippen molar-refractivity contribution in [3.63, 3.8) is 0 Å². The van der Waals surface area contributed by atoms with Crippen LogP contribution in [0.4, 0.5) is 5.13 Å². The Labute approximate surface area is 140 Å². The van der Waals surface area contributed by atoms with E-state index in [0.29, 0.717) is 17.2 Å². The number of nitrogens with zero attached hydrogens (tertiary/aromatic N) is 1. The van der Waals surface area contributed by atoms with E-state index in [1.165, 1.54) is 11.3 Å². The molecule has 1 aromatic heterocycles. The Kier molecular flexibility index (Phi) is 5.85. The van der Waals surface area contributed by atoms with Gasteiger partial charge in [-0.2, -0.15) is 0 Å². The van der Waals surface area contributed by atoms with Gasteiger partial charge in [-0.05, 0) is 12.1 Å². The number of halogens is 1. The quantitative estimate of drug-likeness (QED) is 0.451. The Morgan fingerprint density at radius 1 is 1.36 bits per heavy atom. The summed E-state index contributed by atoms with van der Waals surface area (Å²) >= 11 is 4.58. The lowest BCUT2D eigenvalue weighted by Gasteiger charge is -2.03. The van der Waals surface area contributed by atoms with Crippen LogP contribution in [0, 0.1) is 0 Å². The minimum atomic E-state index is -0.617. The maximum Gasteiger partial charge on any atom is 0.358 e. The Hall–Kier alpha value is -1.99. The first-order valence-electron chi connectivity index (χ1n) is 6.36. The van der Waals surface area contributed by atoms with Crippen LogP contribution < -0.4 is 5.32 Å². The SMILES string of the molecule is C=CCNc1nc(C(=O)OCC(=O)c2ccc(Br)cc2)cs1. The number of benzene rings is 1. The number of ketones is 1. The molecule has 2 aromatic rings. The van der Waals surface area contributed by atoms with Gasteiger partial charge >= 0.3 is 5.97 Å². The smallest absolute Gasteiger partial charge is 0.358 e. The zero-order valence-corrected chi connectivity index (χ0v) is 13.9. The number of hydrogen-bond donors (Lipinski definition) is 1. The van der Waals surface area contributed by atoms with Gasteiger partial charge in [-0.15, -0.1) is 17.9 Å². The summed E-state index contributed by atoms with van der Waals surface area (Å²) in [5.41, 5.74) is 0.669. The first-order valence-corrected chi connectivity index (χ1v) is 8.03. The summed E-state index contributed by atoms with van der Waals surface area (Å²) < 4.78 is 5.87. The van der Waals surface area contributed by atoms with Crippen molar-refractivity contribution >= 4 is 44.2 Å². The minimum absolute atomic E-state index is 0.181. The molecule has 5 nitrogen and oxygen atoms in total. The largest absolute Gasteiger partial charge is 0.453 e. The molecule has 0 aliphatic rings. The lowest BCUT2D eigenvalue weighted by atomic mass is 10.1. The van der Waals surface area contributed by atoms with Gasteiger partial charge in [0.25, 0.3) is 0 Å². The molecule has 0 unspecified atom stereocenters. The Bertz CT molecular complexity index is 682. The summed E-state index contributed by atoms with van der Waals surface area (Å²) in [7, 11) is 0. The van der Waals surface area contributed by atoms with Gasteiger partial charge < -0.3 is 10.1 Å². The molecule has 0 radical (unpaired) electrons. The monoisotopic (exact) mass is 380 g/mol. The van der Waals surface area contributed by atoms with Crippen molar-refractivity contribution in [3.8, 4) is 0 Å². The molecular weight excluding hydrogens is 368 g/mol. The number of rotatable bonds is 7. The highest BCUT2D eigenvalue weighted by molar-refractivity contribution is 9.10. The molecule has 0 aliphatic heterocycles. The second-order valence-corrected chi connectivity index (χ2v) is 5.99. The van der Waals surface area contributed by atoms with Gasteiger partial charge in [-0.25, -0.2) is 9.78 Å². The van der Waals surface area contributed by atoms with Crippen LogP contribution in [0.2, 0.25) is 0 Å². The summed E-state index contributed by atoms with van der Waals surface area (Å²) in [4.78, 5) is 27.8. The highest BCUT2D eigenvalue weighted by atomic mass is 79.9. The molecule has 0 saturated heterocycles. The summed E-state index contributed by atoms with van der Waals surface area (Å²) in [5, 5.41) is 5.16. The number of thiazole rings is 1. The molecule has 114 valence electrons. The van der Waals surface area contributed by atoms with E-state index in [2.05, 4.69) is 32.8 Å². The van der Waals surface area contributed by atoms with E-state index < -0.39 is 5.97 Å². The van der Waals surface area contributed by atoms with Crippen LogP contribution in [0.15, 0.2) is 46.8 Å². The molecule has 7 heteroatoms. The van der Waals surface area contributed by atoms with Crippen LogP contribution in [0.5, 0.6) is 0 Å². The lowest BCUT2D eigenvalue weighted by Crippen LogP contribution is -2.14. The highest BCUT2D eigenvalue weighted by Gasteiger charge is 2.14. The predicted molar refractivity (Wildman–Crippen MR) is 89.6 cm³/mol. The van der Waals surface area contributed by atoms with Crippen molar-refractivity contribution in [2.45, 2.75) is 0 Å². The fourth-order valence-electron chi connectivity index (χ4n) is 1.53. The first-order chi connectivity index (χ1) is 10.6. The zero-order valence-electron chi connectivity index (χ0n) is 11.5. The number of aromatic nitrogens is 1. The Morgan fingerprint density at radius 3 is 2.77 bits per heavy atom. The van der Waals surface area contributed by atoms with Crippen molar-refractivity contribution in [2.24, 2.45) is 0 Å². The molecule has 0 aliphatic carbocycles. The van der Waals surface area contributed by atoms with E-state index in [4.69, 9.17) is 4.74 Å². The van der Waals surface area contributed by atoms with Crippen molar-refractivity contribution in [2.75, 3.05) is 18.5 Å². The molecule has 1 heterocycles. The van der Waals surface area contributed by atoms with Crippen LogP contribution in [-0.2, 0) is 4.74 Å². The Balaban J connectivity index is 1.89. The molecule has 0 spiro atoms. The maximum absolute atomic E-state index is 11.9. The van der Waals surface area contributed by atoms with Crippen molar-refractivity contribution < 1.29 is 14.3 Å². The van der Waals surface area contributed by atoms with Crippen molar-refractivity contribution in [3.05, 3.63) is 58.0 Å². The summed E-state index contributed by atoms with van der Waals surface area (Å²) in [5.74, 6) is -0.880. The van der Waals surface area contributed by atoms with Gasteiger partial charge in [-0.1, -0.05) is 34.1 Å². The fourth-order valence-corrected chi connectivity index (χ4v) is 2.49. The molecule has 1 N–H and O–H groups in total. The van der Waals surface area contributed by atoms with Crippen LogP contribution in [0.3, 0.4) is 0 Å². The zero-order chi connectivity index (χ0) is 15.9. The van der Waals surface area contributed by atoms with Gasteiger partial charge in [0.2, 0.25) is 0 Å². The van der Waals surface area contributed by atoms with E-state index in [-0.39, 0.29) is 18.1 Å². The molecule has 0 amide bonds. The van der Waals surface area contributed by atoms with E-state index in [1.807, 2.05) is 0 Å². The van der Waals surface area contributed by atoms with Crippen molar-refractivity contribution in [1.29, 1.82) is 0 Å². The molecular formula is C15H13BrN2O3S. The molecule has 22 heavy (non-hydrogen) atoms. The van der Waals surface area contributed by atoms with Gasteiger partial charge in [0.05, 0.1) is 0 Å². The number of Topliss-reactive ketones (excluding diaryl/α,β-unsaturated/α-hetero) is 1. The molecule has 0 saturated carbocycles. The number of hydrogen-bond acceptors (Lipinski definition) is 6. The third-order valence-electron chi connectivity index (χ3n) is 2.61. The van der Waals surface area contributed by atoms with Crippen LogP contribution in [0.1, 0.15) is 20.8 Å². The standard InChI is InChI=1S/C15H13BrN2O3S/c1-2-7-17-15-18-12(9-22-15)14(20)21-8-13(19)10-3-5-11(16)6-4-10/h2-6,9H,1,7-8H2,(H,17,18). The van der Waals surface area contributed by atoms with Crippen LogP contribution in [-0.4, -0.2) is 29.9 Å². The van der Waals surface area contributed by atoms with Gasteiger partial charge in [0, 0.05) is 22.0 Å². The third kappa shape index (κ3) is 4.51. The first kappa shape index (κ1) is 16.4. The number of nitrogens with one attached hydrogen (secondary N) is 1. The second kappa shape index (κ2) is 7.86. The van der Waals surface area contributed by atoms with Gasteiger partial charge in [-0.3, -0.25) is 4.79 Å². The normalized spacial score (nSPS) is 10.0. The molecule has 0 fully saturated rings. The summed E-state index contributed by atoms with van der Waals surface area (Å²) in [6, 6.07) is 6.85. The van der Waals surface area contributed by atoms with E-state index in [9.17, 15) is 9.59 Å². The highest BCUT2D eigenvalue weighted by Crippen LogP contribution is 2.16. The molecule has 0 bridgehead atoms. The minimum Gasteiger partial charge on any atom is -0.453 e. The number of carbonyl (C=O) groups excluding carboxylic acids is 2. The van der Waals surface area contributed by atoms with E-state index >= 15 is 0 Å². The van der Waals surface area contributed by atoms with Crippen LogP contribution in [0.25, 0.3) is 0 Å². The second-order valence-electron chi connectivity index (χ2n) is 4.21. The van der Waals surface area contributed by atoms with Gasteiger partial charge in [0.15, 0.2) is 23.2 Å². The van der Waals surface area contributed by atoms with E-state index in [0.717, 1.165) is 4.47 Å². The number of ether oxygens (including phenoxy) is 1. The topological polar surface area (TPSA) is 68.3 Å². The molecule has 0 atom stereocenters. The predicted octanol–water partition coefficient (Wildman–Crippen LogP) is 3.54. The average molecular weight is 381 g/mol. The van der Waals surface area contributed by atoms with Crippen molar-refractivity contribution in [1.82, 2.24) is 4.98 Å². The maximum atomic E-state index is 11.9. The average Bonchev–Trinajstić information content (AvgIpc) is 3.00. The summed E-state index contributed by atoms with van der Waals surface area (Å²) in [6.45, 7) is 3.83. The number of anilines is 1. The number of carbonyl (C=O) groups is 2. The van der Waals surface area contributed by atoms with E-state index in [1.54, 1.807) is 35.7 Å². The molecule has 2 rings (SSSR count). The summed E-state index contributed by atoms with van der Waals surface area (Å²) in [6.07, 6.45) is 1.69. The number of esters is 1. The third-order valence-corrected chi connectivity index (χ3v) is 3.94. The Morgan fingerprint density at radius 2 is 2.09 bits per heavy atom.